The van der Waals surface area contributed by atoms with Crippen LogP contribution in [0.4, 0.5) is 5.69 Å². The standard InChI is InChI=1S/C21H19N3O5S/c1-12(20-23-24-21(29-20)13-7-9-14(27-2)10-8-13)28-18(25)11-17-19(26)22-15-5-3-4-6-16(15)30-17/h3-10,12,17H,11H2,1-2H3,(H,22,26)/t12-,17+/m0/s1. The van der Waals surface area contributed by atoms with Crippen molar-refractivity contribution in [3.05, 3.63) is 54.4 Å². The molecule has 1 aliphatic rings. The van der Waals surface area contributed by atoms with Crippen molar-refractivity contribution in [2.24, 2.45) is 0 Å². The largest absolute Gasteiger partial charge is 0.497 e. The lowest BCUT2D eigenvalue weighted by Gasteiger charge is -2.23. The molecule has 0 bridgehead atoms. The van der Waals surface area contributed by atoms with Gasteiger partial charge in [-0.2, -0.15) is 0 Å². The van der Waals surface area contributed by atoms with Crippen molar-refractivity contribution in [2.75, 3.05) is 12.4 Å². The van der Waals surface area contributed by atoms with Crippen molar-refractivity contribution in [3.63, 3.8) is 0 Å². The van der Waals surface area contributed by atoms with Gasteiger partial charge in [0.25, 0.3) is 5.89 Å². The summed E-state index contributed by atoms with van der Waals surface area (Å²) in [6.07, 6.45) is -0.796. The molecule has 0 radical (unpaired) electrons. The third-order valence-corrected chi connectivity index (χ3v) is 5.77. The number of methoxy groups -OCH3 is 1. The molecule has 9 heteroatoms. The van der Waals surface area contributed by atoms with Crippen LogP contribution in [-0.4, -0.2) is 34.4 Å². The monoisotopic (exact) mass is 425 g/mol. The average Bonchev–Trinajstić information content (AvgIpc) is 3.25. The molecule has 154 valence electrons. The van der Waals surface area contributed by atoms with E-state index in [-0.39, 0.29) is 18.2 Å². The Balaban J connectivity index is 1.37. The minimum absolute atomic E-state index is 0.0609. The first kappa shape index (κ1) is 20.0. The number of benzene rings is 2. The van der Waals surface area contributed by atoms with Crippen LogP contribution in [0, 0.1) is 0 Å². The fraction of sp³-hybridized carbons (Fsp3) is 0.238. The molecule has 1 aliphatic heterocycles. The van der Waals surface area contributed by atoms with Crippen LogP contribution in [0.1, 0.15) is 25.3 Å². The van der Waals surface area contributed by atoms with Gasteiger partial charge >= 0.3 is 5.97 Å². The lowest BCUT2D eigenvalue weighted by atomic mass is 10.2. The van der Waals surface area contributed by atoms with E-state index < -0.39 is 17.3 Å². The first-order valence-corrected chi connectivity index (χ1v) is 10.2. The molecule has 0 saturated carbocycles. The van der Waals surface area contributed by atoms with Crippen molar-refractivity contribution in [2.45, 2.75) is 29.6 Å². The molecule has 2 aromatic carbocycles. The number of fused-ring (bicyclic) bond motifs is 1. The summed E-state index contributed by atoms with van der Waals surface area (Å²) in [6.45, 7) is 1.65. The minimum atomic E-state index is -0.735. The second-order valence-corrected chi connectivity index (χ2v) is 7.85. The Hall–Kier alpha value is -3.33. The van der Waals surface area contributed by atoms with Crippen molar-refractivity contribution in [3.8, 4) is 17.2 Å². The van der Waals surface area contributed by atoms with Gasteiger partial charge in [-0.05, 0) is 43.3 Å². The zero-order chi connectivity index (χ0) is 21.1. The Bertz CT molecular complexity index is 1070. The fourth-order valence-electron chi connectivity index (χ4n) is 2.92. The summed E-state index contributed by atoms with van der Waals surface area (Å²) in [5, 5.41) is 10.2. The molecule has 0 spiro atoms. The Morgan fingerprint density at radius 3 is 2.73 bits per heavy atom. The quantitative estimate of drug-likeness (QED) is 0.594. The number of nitrogens with one attached hydrogen (secondary N) is 1. The highest BCUT2D eigenvalue weighted by atomic mass is 32.2. The zero-order valence-corrected chi connectivity index (χ0v) is 17.1. The average molecular weight is 425 g/mol. The maximum atomic E-state index is 12.4. The summed E-state index contributed by atoms with van der Waals surface area (Å²) in [4.78, 5) is 25.6. The van der Waals surface area contributed by atoms with Gasteiger partial charge in [0, 0.05) is 10.5 Å². The Kier molecular flexibility index (Phi) is 5.71. The van der Waals surface area contributed by atoms with Crippen LogP contribution >= 0.6 is 11.8 Å². The van der Waals surface area contributed by atoms with Crippen molar-refractivity contribution in [1.82, 2.24) is 10.2 Å². The predicted molar refractivity (Wildman–Crippen MR) is 110 cm³/mol. The molecule has 8 nitrogen and oxygen atoms in total. The summed E-state index contributed by atoms with van der Waals surface area (Å²) in [6, 6.07) is 14.6. The summed E-state index contributed by atoms with van der Waals surface area (Å²) in [5.74, 6) is 0.476. The van der Waals surface area contributed by atoms with E-state index in [1.165, 1.54) is 11.8 Å². The molecule has 3 aromatic rings. The molecule has 2 atom stereocenters. The first-order chi connectivity index (χ1) is 14.5. The number of anilines is 1. The lowest BCUT2D eigenvalue weighted by Crippen LogP contribution is -2.31. The topological polar surface area (TPSA) is 104 Å². The van der Waals surface area contributed by atoms with Crippen LogP contribution in [0.5, 0.6) is 5.75 Å². The Morgan fingerprint density at radius 2 is 1.97 bits per heavy atom. The third kappa shape index (κ3) is 4.30. The Morgan fingerprint density at radius 1 is 1.20 bits per heavy atom. The van der Waals surface area contributed by atoms with E-state index >= 15 is 0 Å². The number of thioether (sulfide) groups is 1. The van der Waals surface area contributed by atoms with Gasteiger partial charge < -0.3 is 19.2 Å². The Labute approximate surface area is 177 Å². The number of aromatic nitrogens is 2. The number of esters is 1. The maximum absolute atomic E-state index is 12.4. The number of nitrogens with zero attached hydrogens (tertiary/aromatic N) is 2. The molecule has 1 N–H and O–H groups in total. The van der Waals surface area contributed by atoms with Crippen LogP contribution in [0.2, 0.25) is 0 Å². The summed E-state index contributed by atoms with van der Waals surface area (Å²) < 4.78 is 16.2. The van der Waals surface area contributed by atoms with Gasteiger partial charge in [-0.15, -0.1) is 22.0 Å². The predicted octanol–water partition coefficient (Wildman–Crippen LogP) is 3.85. The van der Waals surface area contributed by atoms with E-state index in [4.69, 9.17) is 13.9 Å². The lowest BCUT2D eigenvalue weighted by molar-refractivity contribution is -0.150. The molecule has 0 unspecified atom stereocenters. The van der Waals surface area contributed by atoms with E-state index in [0.29, 0.717) is 11.6 Å². The molecule has 0 saturated heterocycles. The molecule has 4 rings (SSSR count). The van der Waals surface area contributed by atoms with Crippen LogP contribution in [0.25, 0.3) is 11.5 Å². The van der Waals surface area contributed by atoms with Crippen LogP contribution in [-0.2, 0) is 14.3 Å². The van der Waals surface area contributed by atoms with Crippen molar-refractivity contribution >= 4 is 29.3 Å². The van der Waals surface area contributed by atoms with E-state index in [2.05, 4.69) is 15.5 Å². The van der Waals surface area contributed by atoms with E-state index in [1.807, 2.05) is 24.3 Å². The molecule has 1 aromatic heterocycles. The van der Waals surface area contributed by atoms with Gasteiger partial charge in [0.15, 0.2) is 6.10 Å². The number of para-hydroxylation sites is 1. The highest BCUT2D eigenvalue weighted by Crippen LogP contribution is 2.37. The fourth-order valence-corrected chi connectivity index (χ4v) is 4.02. The second-order valence-electron chi connectivity index (χ2n) is 6.60. The highest BCUT2D eigenvalue weighted by Gasteiger charge is 2.30. The summed E-state index contributed by atoms with van der Waals surface area (Å²) in [7, 11) is 1.59. The number of amides is 1. The smallest absolute Gasteiger partial charge is 0.308 e. The van der Waals surface area contributed by atoms with E-state index in [9.17, 15) is 9.59 Å². The number of carbonyl (C=O) groups is 2. The summed E-state index contributed by atoms with van der Waals surface area (Å²) >= 11 is 1.35. The highest BCUT2D eigenvalue weighted by molar-refractivity contribution is 8.01. The second kappa shape index (κ2) is 8.58. The van der Waals surface area contributed by atoms with Gasteiger partial charge in [0.05, 0.1) is 24.5 Å². The molecule has 30 heavy (non-hydrogen) atoms. The number of ether oxygens (including phenoxy) is 2. The molecule has 0 fully saturated rings. The zero-order valence-electron chi connectivity index (χ0n) is 16.3. The van der Waals surface area contributed by atoms with Gasteiger partial charge in [0.1, 0.15) is 5.75 Å². The third-order valence-electron chi connectivity index (χ3n) is 4.49. The van der Waals surface area contributed by atoms with Crippen molar-refractivity contribution in [1.29, 1.82) is 0 Å². The SMILES string of the molecule is COc1ccc(-c2nnc([C@H](C)OC(=O)C[C@H]3Sc4ccccc4NC3=O)o2)cc1. The van der Waals surface area contributed by atoms with Crippen molar-refractivity contribution < 1.29 is 23.5 Å². The normalized spacial score (nSPS) is 16.3. The number of rotatable bonds is 6. The first-order valence-electron chi connectivity index (χ1n) is 9.27. The molecule has 1 amide bonds. The van der Waals surface area contributed by atoms with Gasteiger partial charge in [0.2, 0.25) is 11.8 Å². The van der Waals surface area contributed by atoms with Crippen LogP contribution < -0.4 is 10.1 Å². The van der Waals surface area contributed by atoms with E-state index in [0.717, 1.165) is 16.1 Å². The molecule has 2 heterocycles. The maximum Gasteiger partial charge on any atom is 0.308 e. The van der Waals surface area contributed by atoms with Crippen LogP contribution in [0.3, 0.4) is 0 Å². The molecular formula is C21H19N3O5S. The van der Waals surface area contributed by atoms with Gasteiger partial charge in [-0.1, -0.05) is 12.1 Å². The van der Waals surface area contributed by atoms with E-state index in [1.54, 1.807) is 38.3 Å². The molecular weight excluding hydrogens is 406 g/mol. The number of hydrogen-bond acceptors (Lipinski definition) is 8. The van der Waals surface area contributed by atoms with Crippen LogP contribution in [0.15, 0.2) is 57.8 Å². The van der Waals surface area contributed by atoms with Gasteiger partial charge in [-0.3, -0.25) is 9.59 Å². The minimum Gasteiger partial charge on any atom is -0.497 e. The summed E-state index contributed by atoms with van der Waals surface area (Å²) in [5.41, 5.74) is 1.48. The van der Waals surface area contributed by atoms with Gasteiger partial charge in [-0.25, -0.2) is 0 Å². The molecule has 0 aliphatic carbocycles. The number of carbonyl (C=O) groups excluding carboxylic acids is 2. The number of hydrogen-bond donors (Lipinski definition) is 1.